The van der Waals surface area contributed by atoms with Crippen LogP contribution in [-0.2, 0) is 5.41 Å². The van der Waals surface area contributed by atoms with Gasteiger partial charge in [0.2, 0.25) is 0 Å². The number of benzene rings is 4. The molecule has 0 bridgehead atoms. The Labute approximate surface area is 177 Å². The second-order valence-electron chi connectivity index (χ2n) is 8.81. The maximum atomic E-state index is 6.20. The Morgan fingerprint density at radius 3 is 2.13 bits per heavy atom. The molecule has 0 aliphatic heterocycles. The molecule has 0 aliphatic carbocycles. The van der Waals surface area contributed by atoms with Crippen molar-refractivity contribution in [3.05, 3.63) is 96.6 Å². The maximum Gasteiger partial charge on any atom is 0.137 e. The first-order valence-corrected chi connectivity index (χ1v) is 10.4. The highest BCUT2D eigenvalue weighted by atomic mass is 16.3. The Morgan fingerprint density at radius 1 is 0.667 bits per heavy atom. The van der Waals surface area contributed by atoms with E-state index in [2.05, 4.69) is 98.9 Å². The summed E-state index contributed by atoms with van der Waals surface area (Å²) in [4.78, 5) is 0. The van der Waals surface area contributed by atoms with Crippen molar-refractivity contribution >= 4 is 33.3 Å². The van der Waals surface area contributed by atoms with Crippen LogP contribution >= 0.6 is 0 Å². The molecule has 0 fully saturated rings. The van der Waals surface area contributed by atoms with Crippen LogP contribution in [-0.4, -0.2) is 0 Å². The van der Waals surface area contributed by atoms with Crippen molar-refractivity contribution in [1.29, 1.82) is 0 Å². The molecule has 2 nitrogen and oxygen atoms in total. The summed E-state index contributed by atoms with van der Waals surface area (Å²) in [5.74, 6) is 0. The highest BCUT2D eigenvalue weighted by Crippen LogP contribution is 2.37. The van der Waals surface area contributed by atoms with Crippen LogP contribution in [0.1, 0.15) is 26.3 Å². The Kier molecular flexibility index (Phi) is 4.36. The summed E-state index contributed by atoms with van der Waals surface area (Å²) in [6.07, 6.45) is 0. The van der Waals surface area contributed by atoms with Crippen molar-refractivity contribution in [2.75, 3.05) is 5.32 Å². The van der Waals surface area contributed by atoms with Gasteiger partial charge in [-0.2, -0.15) is 0 Å². The van der Waals surface area contributed by atoms with Crippen LogP contribution in [0.15, 0.2) is 95.4 Å². The van der Waals surface area contributed by atoms with Gasteiger partial charge in [-0.25, -0.2) is 0 Å². The van der Waals surface area contributed by atoms with Crippen molar-refractivity contribution in [3.8, 4) is 11.1 Å². The van der Waals surface area contributed by atoms with Gasteiger partial charge in [0.1, 0.15) is 11.2 Å². The topological polar surface area (TPSA) is 25.2 Å². The number of anilines is 2. The van der Waals surface area contributed by atoms with Crippen molar-refractivity contribution in [2.24, 2.45) is 0 Å². The monoisotopic (exact) mass is 391 g/mol. The minimum absolute atomic E-state index is 0.0920. The molecule has 0 saturated carbocycles. The average molecular weight is 392 g/mol. The van der Waals surface area contributed by atoms with Crippen LogP contribution < -0.4 is 5.32 Å². The molecule has 0 saturated heterocycles. The van der Waals surface area contributed by atoms with Crippen LogP contribution in [0.4, 0.5) is 11.4 Å². The van der Waals surface area contributed by atoms with Crippen LogP contribution in [0.2, 0.25) is 0 Å². The number of fused-ring (bicyclic) bond motifs is 3. The van der Waals surface area contributed by atoms with E-state index in [-0.39, 0.29) is 5.41 Å². The zero-order valence-electron chi connectivity index (χ0n) is 17.6. The summed E-state index contributed by atoms with van der Waals surface area (Å²) >= 11 is 0. The summed E-state index contributed by atoms with van der Waals surface area (Å²) in [5, 5.41) is 5.85. The van der Waals surface area contributed by atoms with E-state index in [0.29, 0.717) is 0 Å². The molecular formula is C28H25NO. The van der Waals surface area contributed by atoms with Gasteiger partial charge in [-0.15, -0.1) is 0 Å². The molecular weight excluding hydrogens is 366 g/mol. The molecule has 1 aromatic heterocycles. The smallest absolute Gasteiger partial charge is 0.137 e. The molecule has 0 unspecified atom stereocenters. The fraction of sp³-hybridized carbons (Fsp3) is 0.143. The van der Waals surface area contributed by atoms with Gasteiger partial charge < -0.3 is 9.73 Å². The molecule has 0 amide bonds. The molecule has 4 aromatic carbocycles. The highest BCUT2D eigenvalue weighted by Gasteiger charge is 2.17. The third-order valence-electron chi connectivity index (χ3n) is 5.63. The van der Waals surface area contributed by atoms with Crippen LogP contribution in [0, 0.1) is 0 Å². The number of hydrogen-bond donors (Lipinski definition) is 1. The molecule has 148 valence electrons. The lowest BCUT2D eigenvalue weighted by molar-refractivity contribution is 0.587. The molecule has 2 heteroatoms. The molecule has 1 heterocycles. The first-order valence-electron chi connectivity index (χ1n) is 10.4. The SMILES string of the molecule is CC(C)(C)c1ccc2c(c1)oc1cccc(Nc3ccc(-c4ccccc4)cc3)c12. The number of nitrogens with one attached hydrogen (secondary N) is 1. The first-order chi connectivity index (χ1) is 14.5. The summed E-state index contributed by atoms with van der Waals surface area (Å²) in [7, 11) is 0. The minimum atomic E-state index is 0.0920. The van der Waals surface area contributed by atoms with E-state index >= 15 is 0 Å². The Balaban J connectivity index is 1.53. The largest absolute Gasteiger partial charge is 0.456 e. The van der Waals surface area contributed by atoms with Gasteiger partial charge in [-0.1, -0.05) is 81.4 Å². The highest BCUT2D eigenvalue weighted by molar-refractivity contribution is 6.12. The summed E-state index contributed by atoms with van der Waals surface area (Å²) in [5.41, 5.74) is 7.76. The number of furan rings is 1. The molecule has 5 rings (SSSR count). The molecule has 0 aliphatic rings. The first kappa shape index (κ1) is 18.5. The van der Waals surface area contributed by atoms with E-state index in [1.807, 2.05) is 18.2 Å². The van der Waals surface area contributed by atoms with Crippen LogP contribution in [0.3, 0.4) is 0 Å². The minimum Gasteiger partial charge on any atom is -0.456 e. The molecule has 0 radical (unpaired) electrons. The van der Waals surface area contributed by atoms with Gasteiger partial charge in [-0.3, -0.25) is 0 Å². The quantitative estimate of drug-likeness (QED) is 0.334. The molecule has 0 atom stereocenters. The van der Waals surface area contributed by atoms with E-state index in [1.165, 1.54) is 16.7 Å². The van der Waals surface area contributed by atoms with Gasteiger partial charge in [0, 0.05) is 11.1 Å². The summed E-state index contributed by atoms with van der Waals surface area (Å²) < 4.78 is 6.20. The van der Waals surface area contributed by atoms with Gasteiger partial charge >= 0.3 is 0 Å². The predicted molar refractivity (Wildman–Crippen MR) is 128 cm³/mol. The zero-order chi connectivity index (χ0) is 20.7. The molecule has 5 aromatic rings. The summed E-state index contributed by atoms with van der Waals surface area (Å²) in [6.45, 7) is 6.68. The lowest BCUT2D eigenvalue weighted by Gasteiger charge is -2.18. The van der Waals surface area contributed by atoms with Crippen molar-refractivity contribution < 1.29 is 4.42 Å². The lowest BCUT2D eigenvalue weighted by Crippen LogP contribution is -2.10. The Hall–Kier alpha value is -3.52. The van der Waals surface area contributed by atoms with E-state index in [4.69, 9.17) is 4.42 Å². The molecule has 1 N–H and O–H groups in total. The van der Waals surface area contributed by atoms with E-state index in [9.17, 15) is 0 Å². The van der Waals surface area contributed by atoms with E-state index in [1.54, 1.807) is 0 Å². The third kappa shape index (κ3) is 3.35. The van der Waals surface area contributed by atoms with Crippen molar-refractivity contribution in [3.63, 3.8) is 0 Å². The average Bonchev–Trinajstić information content (AvgIpc) is 3.13. The number of rotatable bonds is 3. The van der Waals surface area contributed by atoms with Gasteiger partial charge in [0.15, 0.2) is 0 Å². The second-order valence-corrected chi connectivity index (χ2v) is 8.81. The van der Waals surface area contributed by atoms with Crippen LogP contribution in [0.25, 0.3) is 33.1 Å². The normalized spacial score (nSPS) is 11.8. The standard InChI is InChI=1S/C28H25NO/c1-28(2,3)21-14-17-23-26(18-21)30-25-11-7-10-24(27(23)25)29-22-15-12-20(13-16-22)19-8-5-4-6-9-19/h4-18,29H,1-3H3. The molecule has 0 spiro atoms. The summed E-state index contributed by atoms with van der Waals surface area (Å²) in [6, 6.07) is 31.8. The van der Waals surface area contributed by atoms with Gasteiger partial charge in [0.25, 0.3) is 0 Å². The third-order valence-corrected chi connectivity index (χ3v) is 5.63. The van der Waals surface area contributed by atoms with Crippen LogP contribution in [0.5, 0.6) is 0 Å². The zero-order valence-corrected chi connectivity index (χ0v) is 17.6. The lowest BCUT2D eigenvalue weighted by atomic mass is 9.86. The van der Waals surface area contributed by atoms with Crippen molar-refractivity contribution in [1.82, 2.24) is 0 Å². The molecule has 30 heavy (non-hydrogen) atoms. The predicted octanol–water partition coefficient (Wildman–Crippen LogP) is 8.29. The second kappa shape index (κ2) is 7.07. The maximum absolute atomic E-state index is 6.20. The van der Waals surface area contributed by atoms with Crippen molar-refractivity contribution in [2.45, 2.75) is 26.2 Å². The fourth-order valence-corrected chi connectivity index (χ4v) is 3.93. The fourth-order valence-electron chi connectivity index (χ4n) is 3.93. The Bertz CT molecular complexity index is 1320. The number of hydrogen-bond acceptors (Lipinski definition) is 2. The van der Waals surface area contributed by atoms with E-state index < -0.39 is 0 Å². The van der Waals surface area contributed by atoms with Gasteiger partial charge in [0.05, 0.1) is 11.1 Å². The Morgan fingerprint density at radius 2 is 1.40 bits per heavy atom. The van der Waals surface area contributed by atoms with E-state index in [0.717, 1.165) is 33.3 Å². The van der Waals surface area contributed by atoms with Gasteiger partial charge in [-0.05, 0) is 52.4 Å².